The molecule has 1 aliphatic rings. The van der Waals surface area contributed by atoms with E-state index in [4.69, 9.17) is 4.74 Å². The van der Waals surface area contributed by atoms with Crippen LogP contribution >= 0.6 is 0 Å². The molecule has 4 rings (SSSR count). The summed E-state index contributed by atoms with van der Waals surface area (Å²) in [5, 5.41) is 3.05. The smallest absolute Gasteiger partial charge is 0.227 e. The summed E-state index contributed by atoms with van der Waals surface area (Å²) in [6.07, 6.45) is 3.11. The number of nitrogens with zero attached hydrogens (tertiary/aromatic N) is 3. The van der Waals surface area contributed by atoms with Crippen molar-refractivity contribution in [2.75, 3.05) is 23.3 Å². The minimum atomic E-state index is 0.00395. The van der Waals surface area contributed by atoms with Gasteiger partial charge in [0.15, 0.2) is 0 Å². The van der Waals surface area contributed by atoms with Crippen LogP contribution in [0.25, 0.3) is 0 Å². The molecular weight excluding hydrogens is 388 g/mol. The Morgan fingerprint density at radius 2 is 1.81 bits per heavy atom. The van der Waals surface area contributed by atoms with Crippen LogP contribution in [0.2, 0.25) is 0 Å². The van der Waals surface area contributed by atoms with Crippen molar-refractivity contribution in [3.8, 4) is 11.6 Å². The van der Waals surface area contributed by atoms with E-state index < -0.39 is 0 Å². The Bertz CT molecular complexity index is 1070. The molecule has 1 aliphatic heterocycles. The SMILES string of the molecule is Cc1cccc(NC(=O)C2CCN(c3cc(Oc4cccc(C)c4C)ncn3)CC2)c1. The van der Waals surface area contributed by atoms with Gasteiger partial charge in [-0.3, -0.25) is 4.79 Å². The first-order valence-corrected chi connectivity index (χ1v) is 10.7. The minimum absolute atomic E-state index is 0.00395. The molecule has 2 aromatic carbocycles. The average Bonchev–Trinajstić information content (AvgIpc) is 2.77. The maximum atomic E-state index is 12.7. The van der Waals surface area contributed by atoms with Gasteiger partial charge in [0.25, 0.3) is 0 Å². The van der Waals surface area contributed by atoms with E-state index in [2.05, 4.69) is 33.2 Å². The summed E-state index contributed by atoms with van der Waals surface area (Å²) in [5.41, 5.74) is 4.27. The second-order valence-corrected chi connectivity index (χ2v) is 8.13. The van der Waals surface area contributed by atoms with Crippen LogP contribution in [0.3, 0.4) is 0 Å². The lowest BCUT2D eigenvalue weighted by Gasteiger charge is -2.32. The molecule has 0 atom stereocenters. The summed E-state index contributed by atoms with van der Waals surface area (Å²) in [6, 6.07) is 15.8. The number of rotatable bonds is 5. The molecule has 1 saturated heterocycles. The molecule has 3 aromatic rings. The van der Waals surface area contributed by atoms with Crippen molar-refractivity contribution < 1.29 is 9.53 Å². The molecule has 0 radical (unpaired) electrons. The second-order valence-electron chi connectivity index (χ2n) is 8.13. The van der Waals surface area contributed by atoms with Crippen molar-refractivity contribution >= 4 is 17.4 Å². The molecule has 0 spiro atoms. The first-order valence-electron chi connectivity index (χ1n) is 10.7. The molecule has 160 valence electrons. The highest BCUT2D eigenvalue weighted by molar-refractivity contribution is 5.92. The summed E-state index contributed by atoms with van der Waals surface area (Å²) < 4.78 is 6.01. The van der Waals surface area contributed by atoms with Crippen molar-refractivity contribution in [3.63, 3.8) is 0 Å². The fourth-order valence-corrected chi connectivity index (χ4v) is 3.84. The molecule has 1 aromatic heterocycles. The summed E-state index contributed by atoms with van der Waals surface area (Å²) in [4.78, 5) is 23.6. The lowest BCUT2D eigenvalue weighted by atomic mass is 9.95. The summed E-state index contributed by atoms with van der Waals surface area (Å²) >= 11 is 0. The second kappa shape index (κ2) is 9.16. The number of carbonyl (C=O) groups is 1. The van der Waals surface area contributed by atoms with E-state index in [0.717, 1.165) is 54.3 Å². The molecule has 0 aliphatic carbocycles. The van der Waals surface area contributed by atoms with Gasteiger partial charge < -0.3 is 15.0 Å². The van der Waals surface area contributed by atoms with Crippen LogP contribution in [-0.2, 0) is 4.79 Å². The molecule has 6 heteroatoms. The maximum absolute atomic E-state index is 12.7. The summed E-state index contributed by atoms with van der Waals surface area (Å²) in [7, 11) is 0. The van der Waals surface area contributed by atoms with Gasteiger partial charge in [-0.15, -0.1) is 0 Å². The first kappa shape index (κ1) is 20.8. The standard InChI is InChI=1S/C25H28N4O2/c1-17-6-4-8-21(14-17)28-25(30)20-10-12-29(13-11-20)23-15-24(27-16-26-23)31-22-9-5-7-18(2)19(22)3/h4-9,14-16,20H,10-13H2,1-3H3,(H,28,30). The number of nitrogens with one attached hydrogen (secondary N) is 1. The third-order valence-corrected chi connectivity index (χ3v) is 5.87. The first-order chi connectivity index (χ1) is 15.0. The molecule has 6 nitrogen and oxygen atoms in total. The van der Waals surface area contributed by atoms with Crippen LogP contribution in [-0.4, -0.2) is 29.0 Å². The zero-order chi connectivity index (χ0) is 21.8. The number of hydrogen-bond donors (Lipinski definition) is 1. The van der Waals surface area contributed by atoms with Gasteiger partial charge in [0.05, 0.1) is 0 Å². The Morgan fingerprint density at radius 3 is 2.58 bits per heavy atom. The highest BCUT2D eigenvalue weighted by atomic mass is 16.5. The molecule has 1 fully saturated rings. The van der Waals surface area contributed by atoms with Crippen LogP contribution < -0.4 is 15.0 Å². The van der Waals surface area contributed by atoms with E-state index in [1.54, 1.807) is 0 Å². The van der Waals surface area contributed by atoms with E-state index >= 15 is 0 Å². The number of aryl methyl sites for hydroxylation is 2. The van der Waals surface area contributed by atoms with E-state index in [0.29, 0.717) is 5.88 Å². The molecule has 2 heterocycles. The quantitative estimate of drug-likeness (QED) is 0.630. The third-order valence-electron chi connectivity index (χ3n) is 5.87. The van der Waals surface area contributed by atoms with E-state index in [1.165, 1.54) is 11.9 Å². The zero-order valence-electron chi connectivity index (χ0n) is 18.3. The number of aromatic nitrogens is 2. The van der Waals surface area contributed by atoms with Crippen LogP contribution in [0.1, 0.15) is 29.5 Å². The predicted octanol–water partition coefficient (Wildman–Crippen LogP) is 5.05. The molecule has 31 heavy (non-hydrogen) atoms. The zero-order valence-corrected chi connectivity index (χ0v) is 18.3. The van der Waals surface area contributed by atoms with Crippen molar-refractivity contribution in [3.05, 3.63) is 71.5 Å². The molecule has 1 N–H and O–H groups in total. The molecule has 1 amide bonds. The average molecular weight is 417 g/mol. The number of anilines is 2. The van der Waals surface area contributed by atoms with Gasteiger partial charge in [-0.1, -0.05) is 24.3 Å². The molecule has 0 unspecified atom stereocenters. The predicted molar refractivity (Wildman–Crippen MR) is 123 cm³/mol. The summed E-state index contributed by atoms with van der Waals surface area (Å²) in [6.45, 7) is 7.66. The van der Waals surface area contributed by atoms with Crippen LogP contribution in [0, 0.1) is 26.7 Å². The van der Waals surface area contributed by atoms with Crippen molar-refractivity contribution in [2.24, 2.45) is 5.92 Å². The number of amides is 1. The Kier molecular flexibility index (Phi) is 6.16. The topological polar surface area (TPSA) is 67.4 Å². The normalized spacial score (nSPS) is 14.4. The van der Waals surface area contributed by atoms with Gasteiger partial charge in [-0.05, 0) is 68.5 Å². The monoisotopic (exact) mass is 416 g/mol. The fourth-order valence-electron chi connectivity index (χ4n) is 3.84. The van der Waals surface area contributed by atoms with Crippen molar-refractivity contribution in [2.45, 2.75) is 33.6 Å². The number of piperidine rings is 1. The van der Waals surface area contributed by atoms with Gasteiger partial charge in [0.2, 0.25) is 11.8 Å². The Labute approximate surface area is 183 Å². The van der Waals surface area contributed by atoms with Crippen LogP contribution in [0.15, 0.2) is 54.9 Å². The maximum Gasteiger partial charge on any atom is 0.227 e. The fraction of sp³-hybridized carbons (Fsp3) is 0.320. The lowest BCUT2D eigenvalue weighted by molar-refractivity contribution is -0.120. The molecular formula is C25H28N4O2. The van der Waals surface area contributed by atoms with E-state index in [-0.39, 0.29) is 11.8 Å². The number of ether oxygens (including phenoxy) is 1. The largest absolute Gasteiger partial charge is 0.439 e. The van der Waals surface area contributed by atoms with Crippen LogP contribution in [0.5, 0.6) is 11.6 Å². The van der Waals surface area contributed by atoms with Crippen molar-refractivity contribution in [1.29, 1.82) is 0 Å². The van der Waals surface area contributed by atoms with Gasteiger partial charge in [-0.25, -0.2) is 9.97 Å². The highest BCUT2D eigenvalue weighted by Gasteiger charge is 2.26. The van der Waals surface area contributed by atoms with Crippen molar-refractivity contribution in [1.82, 2.24) is 9.97 Å². The van der Waals surface area contributed by atoms with Crippen LogP contribution in [0.4, 0.5) is 11.5 Å². The van der Waals surface area contributed by atoms with Gasteiger partial charge in [-0.2, -0.15) is 0 Å². The molecule has 0 saturated carbocycles. The van der Waals surface area contributed by atoms with Gasteiger partial charge in [0.1, 0.15) is 17.9 Å². The van der Waals surface area contributed by atoms with E-state index in [9.17, 15) is 4.79 Å². The summed E-state index contributed by atoms with van der Waals surface area (Å²) in [5.74, 6) is 2.25. The Hall–Kier alpha value is -3.41. The molecule has 0 bridgehead atoms. The van der Waals surface area contributed by atoms with Gasteiger partial charge >= 0.3 is 0 Å². The lowest BCUT2D eigenvalue weighted by Crippen LogP contribution is -2.38. The Morgan fingerprint density at radius 1 is 1.03 bits per heavy atom. The minimum Gasteiger partial charge on any atom is -0.439 e. The number of carbonyl (C=O) groups excluding carboxylic acids is 1. The number of hydrogen-bond acceptors (Lipinski definition) is 5. The number of benzene rings is 2. The highest BCUT2D eigenvalue weighted by Crippen LogP contribution is 2.29. The Balaban J connectivity index is 1.37. The third kappa shape index (κ3) is 5.02. The van der Waals surface area contributed by atoms with Gasteiger partial charge in [0, 0.05) is 30.8 Å². The van der Waals surface area contributed by atoms with E-state index in [1.807, 2.05) is 56.3 Å².